The van der Waals surface area contributed by atoms with Crippen LogP contribution in [0.1, 0.15) is 136 Å². The maximum atomic E-state index is 11.5. The van der Waals surface area contributed by atoms with Crippen LogP contribution in [0, 0.1) is 0 Å². The van der Waals surface area contributed by atoms with Crippen LogP contribution in [0.4, 0.5) is 0 Å². The fourth-order valence-corrected chi connectivity index (χ4v) is 4.73. The molecule has 0 heterocycles. The van der Waals surface area contributed by atoms with E-state index < -0.39 is 15.4 Å². The van der Waals surface area contributed by atoms with Gasteiger partial charge >= 0.3 is 51.4 Å². The first-order valence-electron chi connectivity index (χ1n) is 12.0. The Bertz CT molecular complexity index is 429. The van der Waals surface area contributed by atoms with Gasteiger partial charge in [0.1, 0.15) is 0 Å². The van der Waals surface area contributed by atoms with Gasteiger partial charge in [0.2, 0.25) is 0 Å². The topological polar surface area (TPSA) is 77.4 Å². The largest absolute Gasteiger partial charge is 1.00 e. The first-order chi connectivity index (χ1) is 13.4. The zero-order valence-electron chi connectivity index (χ0n) is 19.7. The van der Waals surface area contributed by atoms with Crippen molar-refractivity contribution in [3.8, 4) is 0 Å². The van der Waals surface area contributed by atoms with Crippen LogP contribution in [-0.2, 0) is 10.1 Å². The van der Waals surface area contributed by atoms with E-state index in [2.05, 4.69) is 13.8 Å². The molecule has 0 amide bonds. The third kappa shape index (κ3) is 22.5. The van der Waals surface area contributed by atoms with Crippen LogP contribution in [0.5, 0.6) is 0 Å². The number of hydrogen-bond acceptors (Lipinski definition) is 4. The van der Waals surface area contributed by atoms with Gasteiger partial charge in [-0.1, -0.05) is 110 Å². The van der Waals surface area contributed by atoms with Crippen LogP contribution < -0.4 is 51.4 Å². The Morgan fingerprint density at radius 3 is 1.34 bits per heavy atom. The SMILES string of the molecule is CCCCCCCCCCC(CCCCCC(O)CCCCCC)S(=O)(=O)[O-].[K+]. The Hall–Kier alpha value is 1.51. The van der Waals surface area contributed by atoms with Gasteiger partial charge in [-0.2, -0.15) is 0 Å². The standard InChI is InChI=1S/C23H48O4S.K/c1-3-5-7-9-10-11-12-16-20-23(28(25,26)27)21-17-13-15-19-22(24)18-14-8-6-4-2;/h22-24H,3-21H2,1-2H3,(H,25,26,27);/q;+1/p-1. The summed E-state index contributed by atoms with van der Waals surface area (Å²) in [6, 6.07) is 0. The first kappa shape index (κ1) is 32.7. The number of hydrogen-bond donors (Lipinski definition) is 1. The van der Waals surface area contributed by atoms with E-state index in [9.17, 15) is 18.1 Å². The molecule has 1 N–H and O–H groups in total. The molecule has 0 aliphatic heterocycles. The van der Waals surface area contributed by atoms with Crippen molar-refractivity contribution in [3.63, 3.8) is 0 Å². The van der Waals surface area contributed by atoms with Crippen LogP contribution in [0.2, 0.25) is 0 Å². The molecule has 0 radical (unpaired) electrons. The Morgan fingerprint density at radius 2 is 0.931 bits per heavy atom. The average Bonchev–Trinajstić information content (AvgIpc) is 2.64. The van der Waals surface area contributed by atoms with E-state index in [1.54, 1.807) is 0 Å². The van der Waals surface area contributed by atoms with E-state index in [4.69, 9.17) is 0 Å². The normalized spacial score (nSPS) is 13.8. The fourth-order valence-electron chi connectivity index (χ4n) is 3.82. The number of aliphatic hydroxyl groups is 1. The molecule has 4 nitrogen and oxygen atoms in total. The Balaban J connectivity index is 0. The van der Waals surface area contributed by atoms with Crippen LogP contribution in [-0.4, -0.2) is 29.4 Å². The van der Waals surface area contributed by atoms with E-state index in [0.717, 1.165) is 57.8 Å². The molecule has 0 rings (SSSR count). The van der Waals surface area contributed by atoms with Gasteiger partial charge < -0.3 is 9.66 Å². The second kappa shape index (κ2) is 22.7. The zero-order valence-corrected chi connectivity index (χ0v) is 23.6. The Morgan fingerprint density at radius 1 is 0.621 bits per heavy atom. The van der Waals surface area contributed by atoms with Crippen molar-refractivity contribution < 1.29 is 69.5 Å². The summed E-state index contributed by atoms with van der Waals surface area (Å²) in [6.07, 6.45) is 19.1. The summed E-state index contributed by atoms with van der Waals surface area (Å²) in [5.41, 5.74) is 0. The molecule has 0 aromatic carbocycles. The van der Waals surface area contributed by atoms with Crippen molar-refractivity contribution in [2.75, 3.05) is 0 Å². The van der Waals surface area contributed by atoms with Gasteiger partial charge in [-0.05, 0) is 25.7 Å². The number of aliphatic hydroxyl groups excluding tert-OH is 1. The molecule has 0 aliphatic rings. The molecule has 0 fully saturated rings. The van der Waals surface area contributed by atoms with Crippen LogP contribution in [0.25, 0.3) is 0 Å². The summed E-state index contributed by atoms with van der Waals surface area (Å²) >= 11 is 0. The molecule has 0 saturated carbocycles. The molecule has 2 atom stereocenters. The summed E-state index contributed by atoms with van der Waals surface area (Å²) in [6.45, 7) is 4.39. The van der Waals surface area contributed by atoms with E-state index >= 15 is 0 Å². The minimum Gasteiger partial charge on any atom is -0.748 e. The molecular formula is C23H47KO4S. The first-order valence-corrected chi connectivity index (χ1v) is 13.5. The predicted molar refractivity (Wildman–Crippen MR) is 119 cm³/mol. The third-order valence-electron chi connectivity index (χ3n) is 5.74. The molecule has 6 heteroatoms. The zero-order chi connectivity index (χ0) is 21.1. The van der Waals surface area contributed by atoms with Gasteiger partial charge in [-0.15, -0.1) is 0 Å². The molecule has 0 aromatic heterocycles. The Kier molecular flexibility index (Phi) is 25.6. The van der Waals surface area contributed by atoms with Crippen molar-refractivity contribution >= 4 is 10.1 Å². The number of rotatable bonds is 21. The number of unbranched alkanes of at least 4 members (excludes halogenated alkanes) is 12. The molecule has 0 spiro atoms. The van der Waals surface area contributed by atoms with E-state index in [-0.39, 0.29) is 57.5 Å². The molecule has 2 unspecified atom stereocenters. The molecule has 0 aliphatic carbocycles. The van der Waals surface area contributed by atoms with Crippen molar-refractivity contribution in [2.24, 2.45) is 0 Å². The van der Waals surface area contributed by atoms with Crippen LogP contribution in [0.15, 0.2) is 0 Å². The maximum Gasteiger partial charge on any atom is 1.00 e. The average molecular weight is 459 g/mol. The molecule has 0 saturated heterocycles. The van der Waals surface area contributed by atoms with Gasteiger partial charge in [0.25, 0.3) is 0 Å². The van der Waals surface area contributed by atoms with Crippen molar-refractivity contribution in [1.29, 1.82) is 0 Å². The summed E-state index contributed by atoms with van der Waals surface area (Å²) < 4.78 is 34.6. The van der Waals surface area contributed by atoms with Crippen LogP contribution >= 0.6 is 0 Å². The summed E-state index contributed by atoms with van der Waals surface area (Å²) in [4.78, 5) is 0. The van der Waals surface area contributed by atoms with E-state index in [0.29, 0.717) is 12.8 Å². The van der Waals surface area contributed by atoms with Crippen molar-refractivity contribution in [3.05, 3.63) is 0 Å². The predicted octanol–water partition coefficient (Wildman–Crippen LogP) is 3.72. The third-order valence-corrected chi connectivity index (χ3v) is 7.03. The summed E-state index contributed by atoms with van der Waals surface area (Å²) in [5.74, 6) is 0. The van der Waals surface area contributed by atoms with E-state index in [1.165, 1.54) is 51.4 Å². The minimum atomic E-state index is -4.19. The summed E-state index contributed by atoms with van der Waals surface area (Å²) in [5, 5.41) is 9.26. The van der Waals surface area contributed by atoms with E-state index in [1.807, 2.05) is 0 Å². The molecule has 170 valence electrons. The molecular weight excluding hydrogens is 411 g/mol. The van der Waals surface area contributed by atoms with Crippen molar-refractivity contribution in [2.45, 2.75) is 147 Å². The molecule has 0 bridgehead atoms. The Labute approximate surface area is 224 Å². The van der Waals surface area contributed by atoms with Gasteiger partial charge in [0.15, 0.2) is 0 Å². The van der Waals surface area contributed by atoms with Gasteiger partial charge in [-0.25, -0.2) is 8.42 Å². The minimum absolute atomic E-state index is 0. The fraction of sp³-hybridized carbons (Fsp3) is 1.00. The van der Waals surface area contributed by atoms with Crippen molar-refractivity contribution in [1.82, 2.24) is 0 Å². The van der Waals surface area contributed by atoms with Gasteiger partial charge in [0, 0.05) is 5.25 Å². The molecule has 29 heavy (non-hydrogen) atoms. The summed E-state index contributed by atoms with van der Waals surface area (Å²) in [7, 11) is -4.19. The second-order valence-corrected chi connectivity index (χ2v) is 10.2. The van der Waals surface area contributed by atoms with Gasteiger partial charge in [-0.3, -0.25) is 0 Å². The quantitative estimate of drug-likeness (QED) is 0.162. The maximum absolute atomic E-state index is 11.5. The van der Waals surface area contributed by atoms with Gasteiger partial charge in [0.05, 0.1) is 16.2 Å². The second-order valence-electron chi connectivity index (χ2n) is 8.52. The molecule has 0 aromatic rings. The smallest absolute Gasteiger partial charge is 0.748 e. The van der Waals surface area contributed by atoms with Crippen LogP contribution in [0.3, 0.4) is 0 Å². The monoisotopic (exact) mass is 458 g/mol.